The molecule has 2 heterocycles. The van der Waals surface area contributed by atoms with E-state index in [4.69, 9.17) is 0 Å². The summed E-state index contributed by atoms with van der Waals surface area (Å²) >= 11 is 0. The predicted molar refractivity (Wildman–Crippen MR) is 108 cm³/mol. The van der Waals surface area contributed by atoms with Crippen LogP contribution in [-0.2, 0) is 11.2 Å². The van der Waals surface area contributed by atoms with Gasteiger partial charge in [0.25, 0.3) is 5.56 Å². The van der Waals surface area contributed by atoms with E-state index >= 15 is 0 Å². The number of tetrazole rings is 1. The van der Waals surface area contributed by atoms with Crippen molar-refractivity contribution in [3.05, 3.63) is 70.5 Å². The Bertz CT molecular complexity index is 1270. The molecular formula is C21H18N6O2. The van der Waals surface area contributed by atoms with Crippen LogP contribution in [0.4, 0.5) is 5.69 Å². The number of para-hydroxylation sites is 1. The topological polar surface area (TPSA) is 106 Å². The largest absolute Gasteiger partial charge is 0.326 e. The maximum absolute atomic E-state index is 12.5. The summed E-state index contributed by atoms with van der Waals surface area (Å²) < 4.78 is 1.83. The minimum absolute atomic E-state index is 0.00971. The van der Waals surface area contributed by atoms with Crippen molar-refractivity contribution >= 4 is 22.5 Å². The van der Waals surface area contributed by atoms with Crippen LogP contribution >= 0.6 is 0 Å². The number of aromatic nitrogens is 5. The van der Waals surface area contributed by atoms with Gasteiger partial charge in [0.1, 0.15) is 0 Å². The van der Waals surface area contributed by atoms with E-state index in [-0.39, 0.29) is 17.9 Å². The number of benzene rings is 2. The van der Waals surface area contributed by atoms with Gasteiger partial charge in [0, 0.05) is 22.3 Å². The quantitative estimate of drug-likeness (QED) is 0.549. The Morgan fingerprint density at radius 1 is 1.14 bits per heavy atom. The first-order valence-corrected chi connectivity index (χ1v) is 9.46. The molecule has 8 heteroatoms. The fourth-order valence-corrected chi connectivity index (χ4v) is 3.39. The van der Waals surface area contributed by atoms with Crippen LogP contribution < -0.4 is 10.9 Å². The Morgan fingerprint density at radius 2 is 2.00 bits per heavy atom. The number of anilines is 1. The van der Waals surface area contributed by atoms with Crippen LogP contribution in [0.2, 0.25) is 0 Å². The lowest BCUT2D eigenvalue weighted by Gasteiger charge is -2.08. The zero-order valence-electron chi connectivity index (χ0n) is 15.5. The number of amides is 1. The van der Waals surface area contributed by atoms with Gasteiger partial charge in [0.15, 0.2) is 5.82 Å². The molecule has 1 aliphatic rings. The van der Waals surface area contributed by atoms with E-state index in [9.17, 15) is 9.59 Å². The minimum Gasteiger partial charge on any atom is -0.326 e. The number of carbonyl (C=O) groups is 1. The molecule has 0 unspecified atom stereocenters. The summed E-state index contributed by atoms with van der Waals surface area (Å²) in [6.07, 6.45) is 2.15. The Labute approximate surface area is 165 Å². The molecule has 8 nitrogen and oxygen atoms in total. The first kappa shape index (κ1) is 17.3. The molecule has 0 atom stereocenters. The summed E-state index contributed by atoms with van der Waals surface area (Å²) in [6.45, 7) is 0. The van der Waals surface area contributed by atoms with Crippen LogP contribution in [0.1, 0.15) is 24.4 Å². The van der Waals surface area contributed by atoms with E-state index in [1.807, 2.05) is 47.1 Å². The van der Waals surface area contributed by atoms with Gasteiger partial charge in [-0.2, -0.15) is 0 Å². The Hall–Kier alpha value is -3.81. The number of hydrogen-bond acceptors (Lipinski definition) is 5. The first-order valence-electron chi connectivity index (χ1n) is 9.46. The van der Waals surface area contributed by atoms with Crippen LogP contribution in [0, 0.1) is 0 Å². The zero-order chi connectivity index (χ0) is 19.8. The smallest absolute Gasteiger partial charge is 0.252 e. The molecule has 1 fully saturated rings. The molecule has 0 saturated heterocycles. The van der Waals surface area contributed by atoms with Crippen molar-refractivity contribution in [3.8, 4) is 11.4 Å². The Balaban J connectivity index is 1.35. The molecule has 1 amide bonds. The summed E-state index contributed by atoms with van der Waals surface area (Å²) in [5.41, 5.74) is 2.40. The molecule has 0 bridgehead atoms. The molecule has 0 radical (unpaired) electrons. The van der Waals surface area contributed by atoms with E-state index in [1.54, 1.807) is 12.1 Å². The highest BCUT2D eigenvalue weighted by Crippen LogP contribution is 2.36. The highest BCUT2D eigenvalue weighted by molar-refractivity contribution is 5.93. The predicted octanol–water partition coefficient (Wildman–Crippen LogP) is 2.70. The van der Waals surface area contributed by atoms with Gasteiger partial charge in [0.05, 0.1) is 12.5 Å². The fraction of sp³-hybridized carbons (Fsp3) is 0.190. The Morgan fingerprint density at radius 3 is 2.86 bits per heavy atom. The maximum atomic E-state index is 12.5. The Kier molecular flexibility index (Phi) is 4.16. The van der Waals surface area contributed by atoms with Crippen LogP contribution in [0.15, 0.2) is 59.4 Å². The number of carbonyl (C=O) groups excluding carboxylic acids is 1. The molecule has 1 saturated carbocycles. The number of fused-ring (bicyclic) bond motifs is 1. The van der Waals surface area contributed by atoms with Crippen molar-refractivity contribution in [2.75, 3.05) is 5.32 Å². The molecule has 4 aromatic rings. The van der Waals surface area contributed by atoms with E-state index < -0.39 is 0 Å². The number of pyridine rings is 1. The van der Waals surface area contributed by atoms with Crippen molar-refractivity contribution < 1.29 is 4.79 Å². The van der Waals surface area contributed by atoms with Crippen molar-refractivity contribution in [1.29, 1.82) is 0 Å². The second-order valence-electron chi connectivity index (χ2n) is 7.19. The second kappa shape index (κ2) is 6.97. The van der Waals surface area contributed by atoms with Gasteiger partial charge < -0.3 is 10.3 Å². The third kappa shape index (κ3) is 3.52. The van der Waals surface area contributed by atoms with Gasteiger partial charge in [-0.25, -0.2) is 4.68 Å². The zero-order valence-corrected chi connectivity index (χ0v) is 15.5. The molecule has 0 aliphatic heterocycles. The molecule has 0 spiro atoms. The third-order valence-corrected chi connectivity index (χ3v) is 4.97. The van der Waals surface area contributed by atoms with Crippen molar-refractivity contribution in [2.24, 2.45) is 0 Å². The molecule has 2 aromatic carbocycles. The van der Waals surface area contributed by atoms with Gasteiger partial charge in [-0.3, -0.25) is 9.59 Å². The summed E-state index contributed by atoms with van der Waals surface area (Å²) in [7, 11) is 0. The summed E-state index contributed by atoms with van der Waals surface area (Å²) in [5, 5.41) is 15.7. The van der Waals surface area contributed by atoms with Crippen LogP contribution in [0.5, 0.6) is 0 Å². The minimum atomic E-state index is -0.260. The maximum Gasteiger partial charge on any atom is 0.252 e. The molecular weight excluding hydrogens is 368 g/mol. The lowest BCUT2D eigenvalue weighted by Crippen LogP contribution is -2.21. The lowest BCUT2D eigenvalue weighted by molar-refractivity contribution is -0.115. The standard InChI is InChI=1S/C21H18N6O2/c28-19(12-15-10-13-4-1-2-7-18(13)23-21(15)29)22-16-6-3-5-14(11-16)20-24-25-26-27(20)17-8-9-17/h1-7,10-11,17H,8-9,12H2,(H,22,28)(H,23,29). The van der Waals surface area contributed by atoms with Gasteiger partial charge in [-0.05, 0) is 52.9 Å². The first-order chi connectivity index (χ1) is 14.2. The van der Waals surface area contributed by atoms with Crippen LogP contribution in [0.3, 0.4) is 0 Å². The average molecular weight is 386 g/mol. The lowest BCUT2D eigenvalue weighted by atomic mass is 10.1. The molecule has 5 rings (SSSR count). The van der Waals surface area contributed by atoms with Gasteiger partial charge >= 0.3 is 0 Å². The van der Waals surface area contributed by atoms with E-state index in [1.165, 1.54) is 0 Å². The number of nitrogens with zero attached hydrogens (tertiary/aromatic N) is 4. The molecule has 2 aromatic heterocycles. The molecule has 2 N–H and O–H groups in total. The highest BCUT2D eigenvalue weighted by Gasteiger charge is 2.28. The fourth-order valence-electron chi connectivity index (χ4n) is 3.39. The van der Waals surface area contributed by atoms with Gasteiger partial charge in [-0.15, -0.1) is 5.10 Å². The highest BCUT2D eigenvalue weighted by atomic mass is 16.2. The number of nitrogens with one attached hydrogen (secondary N) is 2. The number of H-pyrrole nitrogens is 1. The van der Waals surface area contributed by atoms with E-state index in [0.717, 1.165) is 29.3 Å². The second-order valence-corrected chi connectivity index (χ2v) is 7.19. The normalized spacial score (nSPS) is 13.5. The number of hydrogen-bond donors (Lipinski definition) is 2. The van der Waals surface area contributed by atoms with Gasteiger partial charge in [0.2, 0.25) is 5.91 Å². The summed E-state index contributed by atoms with van der Waals surface area (Å²) in [6, 6.07) is 17.0. The molecule has 29 heavy (non-hydrogen) atoms. The van der Waals surface area contributed by atoms with Crippen LogP contribution in [-0.4, -0.2) is 31.1 Å². The SMILES string of the molecule is O=C(Cc1cc2ccccc2[nH]c1=O)Nc1cccc(-c2nnnn2C2CC2)c1. The van der Waals surface area contributed by atoms with Gasteiger partial charge in [-0.1, -0.05) is 30.3 Å². The summed E-state index contributed by atoms with van der Waals surface area (Å²) in [4.78, 5) is 27.6. The van der Waals surface area contributed by atoms with Crippen molar-refractivity contribution in [2.45, 2.75) is 25.3 Å². The van der Waals surface area contributed by atoms with Crippen LogP contribution in [0.25, 0.3) is 22.3 Å². The summed E-state index contributed by atoms with van der Waals surface area (Å²) in [5.74, 6) is 0.430. The molecule has 144 valence electrons. The van der Waals surface area contributed by atoms with E-state index in [2.05, 4.69) is 25.8 Å². The van der Waals surface area contributed by atoms with Crippen molar-refractivity contribution in [3.63, 3.8) is 0 Å². The monoisotopic (exact) mass is 386 g/mol. The molecule has 1 aliphatic carbocycles. The number of aromatic amines is 1. The average Bonchev–Trinajstić information content (AvgIpc) is 3.45. The number of rotatable bonds is 5. The van der Waals surface area contributed by atoms with Crippen molar-refractivity contribution in [1.82, 2.24) is 25.2 Å². The third-order valence-electron chi connectivity index (χ3n) is 4.97. The van der Waals surface area contributed by atoms with E-state index in [0.29, 0.717) is 23.1 Å².